The van der Waals surface area contributed by atoms with Crippen LogP contribution in [0.3, 0.4) is 0 Å². The van der Waals surface area contributed by atoms with Crippen molar-refractivity contribution in [2.45, 2.75) is 19.4 Å². The van der Waals surface area contributed by atoms with Gasteiger partial charge in [0, 0.05) is 5.56 Å². The van der Waals surface area contributed by atoms with Gasteiger partial charge in [0.2, 0.25) is 5.90 Å². The van der Waals surface area contributed by atoms with Crippen molar-refractivity contribution in [1.82, 2.24) is 0 Å². The zero-order chi connectivity index (χ0) is 25.0. The van der Waals surface area contributed by atoms with E-state index in [1.54, 1.807) is 0 Å². The molecule has 7 rings (SSSR count). The molecule has 2 nitrogen and oxygen atoms in total. The average Bonchev–Trinajstić information content (AvgIpc) is 3.31. The molecule has 6 aromatic rings. The van der Waals surface area contributed by atoms with E-state index < -0.39 is 0 Å². The Hall–Kier alpha value is -4.43. The van der Waals surface area contributed by atoms with E-state index in [0.717, 1.165) is 11.5 Å². The quantitative estimate of drug-likeness (QED) is 0.233. The second-order valence-electron chi connectivity index (χ2n) is 10.5. The van der Waals surface area contributed by atoms with Gasteiger partial charge in [0.25, 0.3) is 0 Å². The lowest BCUT2D eigenvalue weighted by atomic mass is 9.84. The lowest BCUT2D eigenvalue weighted by Gasteiger charge is -2.19. The Morgan fingerprint density at radius 3 is 1.65 bits per heavy atom. The maximum atomic E-state index is 5.89. The topological polar surface area (TPSA) is 21.6 Å². The van der Waals surface area contributed by atoms with Crippen LogP contribution in [0.15, 0.2) is 120 Å². The summed E-state index contributed by atoms with van der Waals surface area (Å²) in [6.45, 7) is 4.82. The van der Waals surface area contributed by atoms with Crippen LogP contribution in [0.1, 0.15) is 19.4 Å². The van der Waals surface area contributed by atoms with Gasteiger partial charge in [-0.15, -0.1) is 0 Å². The number of aliphatic imine (C=N–C) groups is 1. The van der Waals surface area contributed by atoms with Crippen LogP contribution in [-0.2, 0) is 4.74 Å². The van der Waals surface area contributed by atoms with Gasteiger partial charge in [-0.2, -0.15) is 0 Å². The fourth-order valence-electron chi connectivity index (χ4n) is 5.68. The first-order chi connectivity index (χ1) is 18.1. The van der Waals surface area contributed by atoms with Gasteiger partial charge in [-0.1, -0.05) is 103 Å². The zero-order valence-corrected chi connectivity index (χ0v) is 21.0. The molecule has 0 unspecified atom stereocenters. The first-order valence-corrected chi connectivity index (χ1v) is 12.8. The molecule has 0 aromatic heterocycles. The number of rotatable bonds is 3. The van der Waals surface area contributed by atoms with Crippen LogP contribution < -0.4 is 0 Å². The lowest BCUT2D eigenvalue weighted by molar-refractivity contribution is 0.279. The van der Waals surface area contributed by atoms with Crippen molar-refractivity contribution in [3.63, 3.8) is 0 Å². The minimum absolute atomic E-state index is 0.169. The van der Waals surface area contributed by atoms with E-state index >= 15 is 0 Å². The summed E-state index contributed by atoms with van der Waals surface area (Å²) in [6.07, 6.45) is 0. The molecule has 0 aliphatic carbocycles. The third-order valence-corrected chi connectivity index (χ3v) is 7.38. The second-order valence-corrected chi connectivity index (χ2v) is 10.5. The predicted octanol–water partition coefficient (Wildman–Crippen LogP) is 9.04. The van der Waals surface area contributed by atoms with E-state index in [0.29, 0.717) is 6.61 Å². The van der Waals surface area contributed by atoms with Gasteiger partial charge in [0.15, 0.2) is 0 Å². The minimum atomic E-state index is -0.169. The van der Waals surface area contributed by atoms with Crippen molar-refractivity contribution in [2.24, 2.45) is 4.99 Å². The Labute approximate surface area is 216 Å². The molecular formula is C35H27NO. The smallest absolute Gasteiger partial charge is 0.216 e. The molecule has 6 aromatic carbocycles. The van der Waals surface area contributed by atoms with Crippen LogP contribution in [0.2, 0.25) is 0 Å². The lowest BCUT2D eigenvalue weighted by Crippen LogP contribution is -2.17. The van der Waals surface area contributed by atoms with Crippen molar-refractivity contribution >= 4 is 38.2 Å². The molecule has 0 bridgehead atoms. The number of fused-ring (bicyclic) bond motifs is 3. The van der Waals surface area contributed by atoms with Crippen molar-refractivity contribution in [3.05, 3.63) is 121 Å². The standard InChI is InChI=1S/C35H27NO/c1-35(2)22-37-34(36-35)25-20-18-24(19-21-25)32-28-13-5-7-15-30(28)33(31-16-8-6-14-29(31)32)27-17-9-11-23-10-3-4-12-26(23)27/h3-21H,22H2,1-2H3. The van der Waals surface area contributed by atoms with Crippen LogP contribution in [-0.4, -0.2) is 18.0 Å². The maximum absolute atomic E-state index is 5.89. The molecule has 0 spiro atoms. The van der Waals surface area contributed by atoms with E-state index in [1.807, 2.05) is 0 Å². The van der Waals surface area contributed by atoms with Crippen molar-refractivity contribution in [2.75, 3.05) is 6.61 Å². The fourth-order valence-corrected chi connectivity index (χ4v) is 5.68. The van der Waals surface area contributed by atoms with Crippen LogP contribution in [0, 0.1) is 0 Å². The third kappa shape index (κ3) is 3.60. The third-order valence-electron chi connectivity index (χ3n) is 7.38. The summed E-state index contributed by atoms with van der Waals surface area (Å²) < 4.78 is 5.89. The van der Waals surface area contributed by atoms with Crippen LogP contribution in [0.25, 0.3) is 54.6 Å². The highest BCUT2D eigenvalue weighted by Gasteiger charge is 2.27. The van der Waals surface area contributed by atoms with Crippen molar-refractivity contribution in [3.8, 4) is 22.3 Å². The van der Waals surface area contributed by atoms with Crippen LogP contribution >= 0.6 is 0 Å². The van der Waals surface area contributed by atoms with Gasteiger partial charge in [0.1, 0.15) is 6.61 Å². The number of ether oxygens (including phenoxy) is 1. The van der Waals surface area contributed by atoms with Crippen molar-refractivity contribution < 1.29 is 4.74 Å². The minimum Gasteiger partial charge on any atom is -0.475 e. The van der Waals surface area contributed by atoms with E-state index in [-0.39, 0.29) is 5.54 Å². The first-order valence-electron chi connectivity index (χ1n) is 12.8. The zero-order valence-electron chi connectivity index (χ0n) is 21.0. The number of nitrogens with zero attached hydrogens (tertiary/aromatic N) is 1. The molecular weight excluding hydrogens is 450 g/mol. The van der Waals surface area contributed by atoms with E-state index in [9.17, 15) is 0 Å². The Morgan fingerprint density at radius 2 is 1.05 bits per heavy atom. The van der Waals surface area contributed by atoms with Crippen LogP contribution in [0.4, 0.5) is 0 Å². The molecule has 1 aliphatic heterocycles. The second kappa shape index (κ2) is 8.31. The highest BCUT2D eigenvalue weighted by molar-refractivity contribution is 6.23. The summed E-state index contributed by atoms with van der Waals surface area (Å²) in [5.41, 5.74) is 5.87. The molecule has 0 amide bonds. The summed E-state index contributed by atoms with van der Waals surface area (Å²) in [4.78, 5) is 4.76. The Balaban J connectivity index is 1.50. The summed E-state index contributed by atoms with van der Waals surface area (Å²) in [6, 6.07) is 41.6. The van der Waals surface area contributed by atoms with Gasteiger partial charge in [-0.05, 0) is 80.6 Å². The van der Waals surface area contributed by atoms with E-state index in [2.05, 4.69) is 129 Å². The van der Waals surface area contributed by atoms with Crippen molar-refractivity contribution in [1.29, 1.82) is 0 Å². The molecule has 1 aliphatic rings. The number of hydrogen-bond acceptors (Lipinski definition) is 2. The Morgan fingerprint density at radius 1 is 0.541 bits per heavy atom. The monoisotopic (exact) mass is 477 g/mol. The summed E-state index contributed by atoms with van der Waals surface area (Å²) in [5, 5.41) is 7.58. The number of benzene rings is 6. The van der Waals surface area contributed by atoms with Gasteiger partial charge < -0.3 is 4.74 Å². The van der Waals surface area contributed by atoms with Gasteiger partial charge in [-0.3, -0.25) is 0 Å². The van der Waals surface area contributed by atoms with Crippen LogP contribution in [0.5, 0.6) is 0 Å². The summed E-state index contributed by atoms with van der Waals surface area (Å²) in [5.74, 6) is 0.734. The maximum Gasteiger partial charge on any atom is 0.216 e. The van der Waals surface area contributed by atoms with Gasteiger partial charge >= 0.3 is 0 Å². The molecule has 0 N–H and O–H groups in total. The predicted molar refractivity (Wildman–Crippen MR) is 156 cm³/mol. The fraction of sp³-hybridized carbons (Fsp3) is 0.114. The molecule has 2 heteroatoms. The molecule has 0 radical (unpaired) electrons. The van der Waals surface area contributed by atoms with Gasteiger partial charge in [0.05, 0.1) is 5.54 Å². The molecule has 37 heavy (non-hydrogen) atoms. The molecule has 0 atom stereocenters. The Bertz CT molecular complexity index is 1780. The SMILES string of the molecule is CC1(C)COC(c2ccc(-c3c4ccccc4c(-c4cccc5ccccc45)c4ccccc34)cc2)=N1. The highest BCUT2D eigenvalue weighted by Crippen LogP contribution is 2.45. The summed E-state index contributed by atoms with van der Waals surface area (Å²) >= 11 is 0. The average molecular weight is 478 g/mol. The Kier molecular flexibility index (Phi) is 4.90. The van der Waals surface area contributed by atoms with E-state index in [4.69, 9.17) is 9.73 Å². The largest absolute Gasteiger partial charge is 0.475 e. The molecule has 0 saturated carbocycles. The summed E-state index contributed by atoms with van der Waals surface area (Å²) in [7, 11) is 0. The number of hydrogen-bond donors (Lipinski definition) is 0. The molecule has 1 heterocycles. The molecule has 178 valence electrons. The first kappa shape index (κ1) is 21.8. The molecule has 0 fully saturated rings. The van der Waals surface area contributed by atoms with E-state index in [1.165, 1.54) is 54.6 Å². The highest BCUT2D eigenvalue weighted by atomic mass is 16.5. The van der Waals surface area contributed by atoms with Gasteiger partial charge in [-0.25, -0.2) is 4.99 Å². The normalized spacial score (nSPS) is 14.7. The molecule has 0 saturated heterocycles.